The van der Waals surface area contributed by atoms with Gasteiger partial charge in [0, 0.05) is 5.69 Å². The van der Waals surface area contributed by atoms with Gasteiger partial charge in [0.25, 0.3) is 5.56 Å². The first kappa shape index (κ1) is 20.5. The molecule has 0 aliphatic heterocycles. The van der Waals surface area contributed by atoms with E-state index in [2.05, 4.69) is 15.5 Å². The van der Waals surface area contributed by atoms with Crippen molar-refractivity contribution < 1.29 is 9.21 Å². The molecule has 1 amide bonds. The Morgan fingerprint density at radius 2 is 1.97 bits per heavy atom. The highest BCUT2D eigenvalue weighted by Crippen LogP contribution is 2.25. The largest absolute Gasteiger partial charge is 0.467 e. The van der Waals surface area contributed by atoms with Gasteiger partial charge in [0.05, 0.1) is 24.1 Å². The van der Waals surface area contributed by atoms with Crippen LogP contribution in [0.4, 0.5) is 5.69 Å². The summed E-state index contributed by atoms with van der Waals surface area (Å²) >= 11 is 2.65. The van der Waals surface area contributed by atoms with Crippen LogP contribution in [0.1, 0.15) is 16.9 Å². The highest BCUT2D eigenvalue weighted by molar-refractivity contribution is 7.99. The van der Waals surface area contributed by atoms with E-state index >= 15 is 0 Å². The summed E-state index contributed by atoms with van der Waals surface area (Å²) in [7, 11) is 0. The Labute approximate surface area is 190 Å². The molecule has 0 saturated heterocycles. The zero-order valence-electron chi connectivity index (χ0n) is 17.4. The fourth-order valence-corrected chi connectivity index (χ4v) is 5.18. The van der Waals surface area contributed by atoms with Crippen LogP contribution in [0.2, 0.25) is 0 Å². The Balaban J connectivity index is 1.47. The number of hydrogen-bond donors (Lipinski definition) is 1. The third kappa shape index (κ3) is 3.61. The maximum Gasteiger partial charge on any atom is 0.273 e. The first-order valence-corrected chi connectivity index (χ1v) is 11.8. The molecule has 5 rings (SSSR count). The van der Waals surface area contributed by atoms with Crippen molar-refractivity contribution in [2.45, 2.75) is 25.5 Å². The van der Waals surface area contributed by atoms with Crippen LogP contribution in [0.3, 0.4) is 0 Å². The summed E-state index contributed by atoms with van der Waals surface area (Å²) in [5.74, 6) is 1.09. The molecule has 0 aliphatic carbocycles. The Morgan fingerprint density at radius 3 is 2.72 bits per heavy atom. The molecular formula is C22H19N5O3S2. The van der Waals surface area contributed by atoms with Gasteiger partial charge < -0.3 is 9.73 Å². The molecule has 8 nitrogen and oxygen atoms in total. The van der Waals surface area contributed by atoms with Gasteiger partial charge in [-0.15, -0.1) is 21.5 Å². The molecule has 0 unspecified atom stereocenters. The molecule has 0 bridgehead atoms. The number of anilines is 1. The van der Waals surface area contributed by atoms with Gasteiger partial charge in [0.2, 0.25) is 11.7 Å². The van der Waals surface area contributed by atoms with Crippen molar-refractivity contribution in [1.29, 1.82) is 0 Å². The topological polar surface area (TPSA) is 94.4 Å². The minimum Gasteiger partial charge on any atom is -0.467 e. The lowest BCUT2D eigenvalue weighted by Gasteiger charge is -2.11. The van der Waals surface area contributed by atoms with E-state index in [1.807, 2.05) is 54.0 Å². The molecule has 0 saturated carbocycles. The number of fused-ring (bicyclic) bond motifs is 3. The zero-order chi connectivity index (χ0) is 22.2. The van der Waals surface area contributed by atoms with Gasteiger partial charge in [-0.25, -0.2) is 0 Å². The monoisotopic (exact) mass is 465 g/mol. The average molecular weight is 466 g/mol. The Hall–Kier alpha value is -3.37. The van der Waals surface area contributed by atoms with Gasteiger partial charge in [-0.2, -0.15) is 0 Å². The fraction of sp³-hybridized carbons (Fsp3) is 0.182. The van der Waals surface area contributed by atoms with Crippen LogP contribution in [0.5, 0.6) is 0 Å². The van der Waals surface area contributed by atoms with E-state index in [-0.39, 0.29) is 23.8 Å². The molecule has 1 aromatic carbocycles. The predicted molar refractivity (Wildman–Crippen MR) is 126 cm³/mol. The van der Waals surface area contributed by atoms with Crippen LogP contribution < -0.4 is 10.9 Å². The number of thioether (sulfide) groups is 1. The molecule has 0 spiro atoms. The summed E-state index contributed by atoms with van der Waals surface area (Å²) in [6, 6.07) is 11.4. The van der Waals surface area contributed by atoms with Crippen LogP contribution in [0.25, 0.3) is 16.0 Å². The number of rotatable bonds is 6. The minimum atomic E-state index is -0.143. The van der Waals surface area contributed by atoms with Crippen molar-refractivity contribution in [1.82, 2.24) is 19.2 Å². The lowest BCUT2D eigenvalue weighted by Crippen LogP contribution is -2.23. The number of furan rings is 1. The molecule has 5 aromatic rings. The van der Waals surface area contributed by atoms with Gasteiger partial charge >= 0.3 is 0 Å². The van der Waals surface area contributed by atoms with E-state index in [0.29, 0.717) is 21.4 Å². The number of amides is 1. The van der Waals surface area contributed by atoms with Crippen molar-refractivity contribution in [3.63, 3.8) is 0 Å². The van der Waals surface area contributed by atoms with Crippen molar-refractivity contribution in [2.24, 2.45) is 0 Å². The number of hydrogen-bond acceptors (Lipinski definition) is 7. The third-order valence-electron chi connectivity index (χ3n) is 5.15. The van der Waals surface area contributed by atoms with Crippen LogP contribution in [-0.2, 0) is 11.3 Å². The maximum absolute atomic E-state index is 13.1. The van der Waals surface area contributed by atoms with Gasteiger partial charge in [0.1, 0.15) is 10.5 Å². The zero-order valence-corrected chi connectivity index (χ0v) is 19.0. The number of benzene rings is 1. The maximum atomic E-state index is 13.1. The summed E-state index contributed by atoms with van der Waals surface area (Å²) in [5, 5.41) is 14.0. The van der Waals surface area contributed by atoms with E-state index < -0.39 is 0 Å². The molecule has 32 heavy (non-hydrogen) atoms. The Morgan fingerprint density at radius 1 is 1.16 bits per heavy atom. The molecule has 0 atom stereocenters. The summed E-state index contributed by atoms with van der Waals surface area (Å²) in [4.78, 5) is 25.7. The molecule has 10 heteroatoms. The van der Waals surface area contributed by atoms with Crippen molar-refractivity contribution in [2.75, 3.05) is 11.1 Å². The Kier molecular flexibility index (Phi) is 5.32. The first-order chi connectivity index (χ1) is 15.5. The summed E-state index contributed by atoms with van der Waals surface area (Å²) in [6.07, 6.45) is 1.57. The van der Waals surface area contributed by atoms with Gasteiger partial charge in [-0.1, -0.05) is 30.0 Å². The smallest absolute Gasteiger partial charge is 0.273 e. The standard InChI is InChI=1S/C22H19N5O3S2/c1-13-5-3-6-14(2)18(13)23-17(28)12-32-22-25-24-21-26(11-15-7-4-9-30-15)20(29)19-16(27(21)22)8-10-31-19/h3-10H,11-12H2,1-2H3,(H,23,28). The molecule has 162 valence electrons. The first-order valence-electron chi connectivity index (χ1n) is 9.89. The van der Waals surface area contributed by atoms with Crippen molar-refractivity contribution in [3.8, 4) is 0 Å². The SMILES string of the molecule is Cc1cccc(C)c1NC(=O)CSc1nnc2n(Cc3ccco3)c(=O)c3sccc3n12. The second-order valence-electron chi connectivity index (χ2n) is 7.33. The van der Waals surface area contributed by atoms with Gasteiger partial charge in [-0.3, -0.25) is 18.6 Å². The Bertz CT molecular complexity index is 1480. The molecule has 4 heterocycles. The van der Waals surface area contributed by atoms with Crippen molar-refractivity contribution in [3.05, 3.63) is 75.3 Å². The number of nitrogens with zero attached hydrogens (tertiary/aromatic N) is 4. The minimum absolute atomic E-state index is 0.130. The average Bonchev–Trinajstić information content (AvgIpc) is 3.52. The molecule has 0 fully saturated rings. The van der Waals surface area contributed by atoms with E-state index in [0.717, 1.165) is 22.3 Å². The predicted octanol–water partition coefficient (Wildman–Crippen LogP) is 4.09. The molecule has 0 radical (unpaired) electrons. The number of para-hydroxylation sites is 1. The van der Waals surface area contributed by atoms with E-state index in [9.17, 15) is 9.59 Å². The lowest BCUT2D eigenvalue weighted by molar-refractivity contribution is -0.113. The molecular weight excluding hydrogens is 446 g/mol. The number of thiophene rings is 1. The van der Waals surface area contributed by atoms with Gasteiger partial charge in [0.15, 0.2) is 5.16 Å². The lowest BCUT2D eigenvalue weighted by atomic mass is 10.1. The quantitative estimate of drug-likeness (QED) is 0.380. The van der Waals surface area contributed by atoms with Gasteiger partial charge in [-0.05, 0) is 48.6 Å². The second-order valence-corrected chi connectivity index (χ2v) is 9.19. The van der Waals surface area contributed by atoms with E-state index in [1.54, 1.807) is 16.9 Å². The fourth-order valence-electron chi connectivity index (χ4n) is 3.61. The number of nitrogens with one attached hydrogen (secondary N) is 1. The van der Waals surface area contributed by atoms with E-state index in [1.165, 1.54) is 23.1 Å². The highest BCUT2D eigenvalue weighted by atomic mass is 32.2. The van der Waals surface area contributed by atoms with Crippen LogP contribution >= 0.6 is 23.1 Å². The number of aromatic nitrogens is 4. The molecule has 1 N–H and O–H groups in total. The number of aryl methyl sites for hydroxylation is 2. The molecule has 4 aromatic heterocycles. The normalized spacial score (nSPS) is 11.4. The summed E-state index contributed by atoms with van der Waals surface area (Å²) in [5.41, 5.74) is 3.44. The third-order valence-corrected chi connectivity index (χ3v) is 6.97. The number of carbonyl (C=O) groups is 1. The summed E-state index contributed by atoms with van der Waals surface area (Å²) in [6.45, 7) is 4.18. The summed E-state index contributed by atoms with van der Waals surface area (Å²) < 4.78 is 9.40. The second kappa shape index (κ2) is 8.29. The highest BCUT2D eigenvalue weighted by Gasteiger charge is 2.19. The van der Waals surface area contributed by atoms with Crippen LogP contribution in [-0.4, -0.2) is 30.8 Å². The van der Waals surface area contributed by atoms with Crippen LogP contribution in [0, 0.1) is 13.8 Å². The number of carbonyl (C=O) groups excluding carboxylic acids is 1. The van der Waals surface area contributed by atoms with Crippen molar-refractivity contribution >= 4 is 50.7 Å². The van der Waals surface area contributed by atoms with E-state index in [4.69, 9.17) is 4.42 Å². The molecule has 0 aliphatic rings. The van der Waals surface area contributed by atoms with Crippen LogP contribution in [0.15, 0.2) is 62.4 Å².